The maximum Gasteiger partial charge on any atom is 0.136 e. The summed E-state index contributed by atoms with van der Waals surface area (Å²) in [5.74, 6) is 1.10. The molecule has 2 aromatic rings. The van der Waals surface area contributed by atoms with E-state index in [1.807, 2.05) is 24.9 Å². The van der Waals surface area contributed by atoms with Crippen molar-refractivity contribution in [3.8, 4) is 11.3 Å². The maximum absolute atomic E-state index is 5.67. The molecule has 2 N–H and O–H groups in total. The van der Waals surface area contributed by atoms with Crippen molar-refractivity contribution in [3.63, 3.8) is 0 Å². The van der Waals surface area contributed by atoms with Crippen molar-refractivity contribution < 1.29 is 4.74 Å². The van der Waals surface area contributed by atoms with Crippen LogP contribution in [-0.2, 0) is 11.8 Å². The molecule has 0 radical (unpaired) electrons. The van der Waals surface area contributed by atoms with Gasteiger partial charge >= 0.3 is 0 Å². The summed E-state index contributed by atoms with van der Waals surface area (Å²) in [5.41, 5.74) is 9.77. The van der Waals surface area contributed by atoms with E-state index in [9.17, 15) is 0 Å². The lowest BCUT2D eigenvalue weighted by Crippen LogP contribution is -2.53. The van der Waals surface area contributed by atoms with Gasteiger partial charge in [-0.15, -0.1) is 0 Å². The van der Waals surface area contributed by atoms with Crippen LogP contribution in [0.2, 0.25) is 0 Å². The molecule has 0 aromatic carbocycles. The van der Waals surface area contributed by atoms with Crippen LogP contribution in [0.3, 0.4) is 0 Å². The summed E-state index contributed by atoms with van der Waals surface area (Å²) in [6, 6.07) is 4.19. The Kier molecular flexibility index (Phi) is 4.13. The SMILES string of the molecule is Cc1cc(C)nc(-c2cnn(C)c2N2CC(OCCN)C2)c1. The summed E-state index contributed by atoms with van der Waals surface area (Å²) in [5, 5.41) is 4.42. The molecule has 0 saturated carbocycles. The fourth-order valence-corrected chi connectivity index (χ4v) is 2.92. The average molecular weight is 301 g/mol. The second kappa shape index (κ2) is 6.06. The molecule has 118 valence electrons. The monoisotopic (exact) mass is 301 g/mol. The first-order chi connectivity index (χ1) is 10.6. The molecule has 0 amide bonds. The molecular formula is C16H23N5O. The number of aryl methyl sites for hydroxylation is 3. The molecule has 3 rings (SSSR count). The highest BCUT2D eigenvalue weighted by molar-refractivity contribution is 5.74. The number of aromatic nitrogens is 3. The molecule has 0 atom stereocenters. The number of anilines is 1. The number of pyridine rings is 1. The Morgan fingerprint density at radius 1 is 1.32 bits per heavy atom. The molecule has 3 heterocycles. The number of hydrogen-bond donors (Lipinski definition) is 1. The van der Waals surface area contributed by atoms with E-state index in [0.717, 1.165) is 35.9 Å². The van der Waals surface area contributed by atoms with E-state index in [-0.39, 0.29) is 6.10 Å². The van der Waals surface area contributed by atoms with Crippen LogP contribution < -0.4 is 10.6 Å². The second-order valence-corrected chi connectivity index (χ2v) is 5.86. The summed E-state index contributed by atoms with van der Waals surface area (Å²) in [6.45, 7) is 7.05. The quantitative estimate of drug-likeness (QED) is 0.900. The number of nitrogens with zero attached hydrogens (tertiary/aromatic N) is 4. The number of ether oxygens (including phenoxy) is 1. The van der Waals surface area contributed by atoms with Crippen molar-refractivity contribution in [2.24, 2.45) is 12.8 Å². The van der Waals surface area contributed by atoms with Crippen LogP contribution in [0.25, 0.3) is 11.3 Å². The standard InChI is InChI=1S/C16H23N5O/c1-11-6-12(2)19-15(7-11)14-8-18-20(3)16(14)21-9-13(10-21)22-5-4-17/h6-8,13H,4-5,9-10,17H2,1-3H3. The van der Waals surface area contributed by atoms with E-state index in [4.69, 9.17) is 10.5 Å². The number of nitrogens with two attached hydrogens (primary N) is 1. The van der Waals surface area contributed by atoms with E-state index in [0.29, 0.717) is 13.2 Å². The van der Waals surface area contributed by atoms with Crippen LogP contribution in [0, 0.1) is 13.8 Å². The fourth-order valence-electron chi connectivity index (χ4n) is 2.92. The molecule has 0 spiro atoms. The lowest BCUT2D eigenvalue weighted by molar-refractivity contribution is 0.0388. The van der Waals surface area contributed by atoms with Gasteiger partial charge in [-0.25, -0.2) is 0 Å². The Morgan fingerprint density at radius 2 is 2.09 bits per heavy atom. The maximum atomic E-state index is 5.67. The van der Waals surface area contributed by atoms with Gasteiger partial charge in [0.15, 0.2) is 0 Å². The lowest BCUT2D eigenvalue weighted by atomic mass is 10.1. The van der Waals surface area contributed by atoms with Crippen LogP contribution >= 0.6 is 0 Å². The van der Waals surface area contributed by atoms with Crippen LogP contribution in [0.1, 0.15) is 11.3 Å². The first-order valence-corrected chi connectivity index (χ1v) is 7.62. The highest BCUT2D eigenvalue weighted by atomic mass is 16.5. The Bertz CT molecular complexity index is 640. The smallest absolute Gasteiger partial charge is 0.136 e. The van der Waals surface area contributed by atoms with Gasteiger partial charge in [-0.3, -0.25) is 9.67 Å². The third kappa shape index (κ3) is 2.84. The van der Waals surface area contributed by atoms with Gasteiger partial charge in [-0.2, -0.15) is 5.10 Å². The van der Waals surface area contributed by atoms with Gasteiger partial charge in [-0.05, 0) is 31.5 Å². The molecule has 0 aliphatic carbocycles. The van der Waals surface area contributed by atoms with Crippen molar-refractivity contribution in [1.82, 2.24) is 14.8 Å². The van der Waals surface area contributed by atoms with Crippen molar-refractivity contribution in [2.45, 2.75) is 20.0 Å². The fraction of sp³-hybridized carbons (Fsp3) is 0.500. The molecule has 1 aliphatic heterocycles. The molecule has 1 saturated heterocycles. The van der Waals surface area contributed by atoms with Crippen LogP contribution in [-0.4, -0.2) is 47.1 Å². The Labute approximate surface area is 130 Å². The zero-order valence-corrected chi connectivity index (χ0v) is 13.4. The highest BCUT2D eigenvalue weighted by Crippen LogP contribution is 2.33. The number of hydrogen-bond acceptors (Lipinski definition) is 5. The zero-order valence-electron chi connectivity index (χ0n) is 13.4. The van der Waals surface area contributed by atoms with Gasteiger partial charge in [0.25, 0.3) is 0 Å². The summed E-state index contributed by atoms with van der Waals surface area (Å²) < 4.78 is 7.58. The van der Waals surface area contributed by atoms with Crippen LogP contribution in [0.4, 0.5) is 5.82 Å². The van der Waals surface area contributed by atoms with Gasteiger partial charge < -0.3 is 15.4 Å². The summed E-state index contributed by atoms with van der Waals surface area (Å²) in [6.07, 6.45) is 2.16. The third-order valence-corrected chi connectivity index (χ3v) is 3.90. The largest absolute Gasteiger partial charge is 0.373 e. The Balaban J connectivity index is 1.83. The van der Waals surface area contributed by atoms with Gasteiger partial charge in [0, 0.05) is 32.4 Å². The Morgan fingerprint density at radius 3 is 2.77 bits per heavy atom. The summed E-state index contributed by atoms with van der Waals surface area (Å²) >= 11 is 0. The zero-order chi connectivity index (χ0) is 15.7. The van der Waals surface area contributed by atoms with Crippen molar-refractivity contribution in [1.29, 1.82) is 0 Å². The van der Waals surface area contributed by atoms with Crippen molar-refractivity contribution >= 4 is 5.82 Å². The topological polar surface area (TPSA) is 69.2 Å². The van der Waals surface area contributed by atoms with E-state index in [2.05, 4.69) is 34.0 Å². The lowest BCUT2D eigenvalue weighted by Gasteiger charge is -2.40. The molecule has 2 aromatic heterocycles. The summed E-state index contributed by atoms with van der Waals surface area (Å²) in [4.78, 5) is 6.94. The van der Waals surface area contributed by atoms with E-state index in [1.54, 1.807) is 0 Å². The first-order valence-electron chi connectivity index (χ1n) is 7.62. The predicted molar refractivity (Wildman–Crippen MR) is 86.9 cm³/mol. The predicted octanol–water partition coefficient (Wildman–Crippen LogP) is 1.26. The third-order valence-electron chi connectivity index (χ3n) is 3.90. The molecule has 1 aliphatic rings. The second-order valence-electron chi connectivity index (χ2n) is 5.86. The van der Waals surface area contributed by atoms with E-state index < -0.39 is 0 Å². The minimum Gasteiger partial charge on any atom is -0.373 e. The highest BCUT2D eigenvalue weighted by Gasteiger charge is 2.31. The minimum absolute atomic E-state index is 0.263. The summed E-state index contributed by atoms with van der Waals surface area (Å²) in [7, 11) is 1.97. The Hall–Kier alpha value is -1.92. The first kappa shape index (κ1) is 15.0. The molecule has 0 bridgehead atoms. The van der Waals surface area contributed by atoms with Crippen molar-refractivity contribution in [3.05, 3.63) is 29.6 Å². The molecule has 6 heteroatoms. The minimum atomic E-state index is 0.263. The molecule has 6 nitrogen and oxygen atoms in total. The van der Waals surface area contributed by atoms with E-state index in [1.165, 1.54) is 5.56 Å². The molecular weight excluding hydrogens is 278 g/mol. The van der Waals surface area contributed by atoms with Crippen molar-refractivity contribution in [2.75, 3.05) is 31.1 Å². The van der Waals surface area contributed by atoms with Gasteiger partial charge in [-0.1, -0.05) is 0 Å². The molecule has 1 fully saturated rings. The van der Waals surface area contributed by atoms with E-state index >= 15 is 0 Å². The van der Waals surface area contributed by atoms with Crippen LogP contribution in [0.15, 0.2) is 18.3 Å². The molecule has 22 heavy (non-hydrogen) atoms. The van der Waals surface area contributed by atoms with Gasteiger partial charge in [0.05, 0.1) is 30.2 Å². The average Bonchev–Trinajstić information content (AvgIpc) is 2.78. The van der Waals surface area contributed by atoms with Gasteiger partial charge in [0.2, 0.25) is 0 Å². The normalized spacial score (nSPS) is 15.2. The van der Waals surface area contributed by atoms with Gasteiger partial charge in [0.1, 0.15) is 5.82 Å². The number of rotatable bonds is 5. The molecule has 0 unspecified atom stereocenters. The van der Waals surface area contributed by atoms with Crippen LogP contribution in [0.5, 0.6) is 0 Å².